The summed E-state index contributed by atoms with van der Waals surface area (Å²) in [7, 11) is 0. The summed E-state index contributed by atoms with van der Waals surface area (Å²) < 4.78 is 0. The number of nitrogens with zero attached hydrogens (tertiary/aromatic N) is 1. The maximum Gasteiger partial charge on any atom is 0.325 e. The molecular formula is C34H42N2O2. The molecule has 200 valence electrons. The summed E-state index contributed by atoms with van der Waals surface area (Å²) in [4.78, 5) is 14.8. The largest absolute Gasteiger partial charge is 0.480 e. The van der Waals surface area contributed by atoms with Crippen molar-refractivity contribution in [1.29, 1.82) is 0 Å². The molecule has 2 aliphatic rings. The minimum atomic E-state index is -0.801. The Balaban J connectivity index is 1.17. The lowest BCUT2D eigenvalue weighted by atomic mass is 9.87. The molecule has 0 spiro atoms. The number of carboxylic acids is 1. The number of hydrogen-bond donors (Lipinski definition) is 2. The van der Waals surface area contributed by atoms with E-state index in [9.17, 15) is 9.90 Å². The zero-order chi connectivity index (χ0) is 26.2. The van der Waals surface area contributed by atoms with Gasteiger partial charge in [-0.05, 0) is 86.1 Å². The van der Waals surface area contributed by atoms with Gasteiger partial charge in [-0.1, -0.05) is 97.4 Å². The van der Waals surface area contributed by atoms with Crippen LogP contribution in [-0.4, -0.2) is 41.7 Å². The van der Waals surface area contributed by atoms with E-state index < -0.39 is 12.0 Å². The molecule has 2 unspecified atom stereocenters. The molecule has 4 atom stereocenters. The second-order valence-corrected chi connectivity index (χ2v) is 11.4. The average molecular weight is 511 g/mol. The van der Waals surface area contributed by atoms with Crippen LogP contribution < -0.4 is 5.32 Å². The van der Waals surface area contributed by atoms with Gasteiger partial charge in [0, 0.05) is 12.6 Å². The summed E-state index contributed by atoms with van der Waals surface area (Å²) >= 11 is 0. The van der Waals surface area contributed by atoms with Crippen LogP contribution in [-0.2, 0) is 11.2 Å². The van der Waals surface area contributed by atoms with Gasteiger partial charge in [-0.3, -0.25) is 10.1 Å². The van der Waals surface area contributed by atoms with Crippen molar-refractivity contribution in [3.63, 3.8) is 0 Å². The van der Waals surface area contributed by atoms with E-state index in [0.717, 1.165) is 30.9 Å². The number of rotatable bonds is 11. The van der Waals surface area contributed by atoms with Crippen LogP contribution in [0.5, 0.6) is 0 Å². The monoisotopic (exact) mass is 510 g/mol. The molecule has 4 heteroatoms. The first kappa shape index (κ1) is 26.6. The molecule has 1 aliphatic carbocycles. The average Bonchev–Trinajstić information content (AvgIpc) is 3.36. The number of likely N-dealkylation sites (tertiary alicyclic amines) is 1. The predicted molar refractivity (Wildman–Crippen MR) is 154 cm³/mol. The van der Waals surface area contributed by atoms with E-state index >= 15 is 0 Å². The highest BCUT2D eigenvalue weighted by Gasteiger charge is 2.38. The first-order valence-electron chi connectivity index (χ1n) is 14.5. The molecule has 5 rings (SSSR count). The number of nitrogens with one attached hydrogen (secondary N) is 1. The van der Waals surface area contributed by atoms with E-state index in [2.05, 4.69) is 70.9 Å². The van der Waals surface area contributed by atoms with Crippen molar-refractivity contribution in [1.82, 2.24) is 10.2 Å². The van der Waals surface area contributed by atoms with Crippen LogP contribution in [0.15, 0.2) is 91.0 Å². The highest BCUT2D eigenvalue weighted by atomic mass is 16.4. The smallest absolute Gasteiger partial charge is 0.325 e. The fourth-order valence-corrected chi connectivity index (χ4v) is 6.79. The Bertz CT molecular complexity index is 1110. The van der Waals surface area contributed by atoms with Crippen molar-refractivity contribution in [2.75, 3.05) is 19.6 Å². The summed E-state index contributed by atoms with van der Waals surface area (Å²) in [5, 5.41) is 13.5. The van der Waals surface area contributed by atoms with Crippen LogP contribution >= 0.6 is 0 Å². The summed E-state index contributed by atoms with van der Waals surface area (Å²) in [6.45, 7) is 3.49. The zero-order valence-electron chi connectivity index (χ0n) is 22.4. The van der Waals surface area contributed by atoms with Crippen LogP contribution in [0.3, 0.4) is 0 Å². The predicted octanol–water partition coefficient (Wildman–Crippen LogP) is 6.70. The maximum atomic E-state index is 12.2. The van der Waals surface area contributed by atoms with Crippen molar-refractivity contribution in [3.8, 4) is 0 Å². The molecule has 1 saturated carbocycles. The van der Waals surface area contributed by atoms with Crippen molar-refractivity contribution in [2.24, 2.45) is 11.8 Å². The van der Waals surface area contributed by atoms with Gasteiger partial charge in [0.1, 0.15) is 6.04 Å². The zero-order valence-corrected chi connectivity index (χ0v) is 22.4. The normalized spacial score (nSPS) is 23.3. The Morgan fingerprint density at radius 3 is 2.16 bits per heavy atom. The molecule has 0 amide bonds. The molecule has 0 aromatic heterocycles. The van der Waals surface area contributed by atoms with Crippen LogP contribution in [0.4, 0.5) is 0 Å². The molecule has 0 bridgehead atoms. The summed E-state index contributed by atoms with van der Waals surface area (Å²) in [6, 6.07) is 30.9. The second-order valence-electron chi connectivity index (χ2n) is 11.4. The molecule has 0 radical (unpaired) electrons. The molecule has 3 aromatic carbocycles. The third-order valence-electron chi connectivity index (χ3n) is 8.83. The minimum Gasteiger partial charge on any atom is -0.480 e. The number of benzene rings is 3. The van der Waals surface area contributed by atoms with E-state index in [4.69, 9.17) is 0 Å². The Kier molecular flexibility index (Phi) is 9.27. The van der Waals surface area contributed by atoms with Gasteiger partial charge in [0.25, 0.3) is 0 Å². The third-order valence-corrected chi connectivity index (χ3v) is 8.83. The summed E-state index contributed by atoms with van der Waals surface area (Å²) in [6.07, 6.45) is 8.42. The van der Waals surface area contributed by atoms with Gasteiger partial charge in [0.15, 0.2) is 0 Å². The molecule has 1 aliphatic heterocycles. The van der Waals surface area contributed by atoms with Crippen molar-refractivity contribution in [2.45, 2.75) is 62.9 Å². The van der Waals surface area contributed by atoms with Gasteiger partial charge in [0.05, 0.1) is 0 Å². The number of piperidine rings is 1. The number of aliphatic carboxylic acids is 1. The lowest BCUT2D eigenvalue weighted by molar-refractivity contribution is -0.139. The van der Waals surface area contributed by atoms with Gasteiger partial charge in [-0.15, -0.1) is 0 Å². The van der Waals surface area contributed by atoms with Gasteiger partial charge < -0.3 is 10.0 Å². The number of aryl methyl sites for hydroxylation is 1. The third kappa shape index (κ3) is 7.12. The Hall–Kier alpha value is -2.95. The maximum absolute atomic E-state index is 12.2. The molecule has 1 saturated heterocycles. The highest BCUT2D eigenvalue weighted by molar-refractivity contribution is 5.75. The van der Waals surface area contributed by atoms with E-state index in [0.29, 0.717) is 11.8 Å². The number of carbonyl (C=O) groups is 1. The van der Waals surface area contributed by atoms with Gasteiger partial charge in [0.2, 0.25) is 0 Å². The quantitative estimate of drug-likeness (QED) is 0.301. The van der Waals surface area contributed by atoms with Crippen LogP contribution in [0.1, 0.15) is 67.2 Å². The molecule has 2 fully saturated rings. The summed E-state index contributed by atoms with van der Waals surface area (Å²) in [5.41, 5.74) is 3.68. The topological polar surface area (TPSA) is 52.6 Å². The summed E-state index contributed by atoms with van der Waals surface area (Å²) in [5.74, 6) is 1.04. The minimum absolute atomic E-state index is 0.196. The van der Waals surface area contributed by atoms with Crippen LogP contribution in [0.25, 0.3) is 0 Å². The standard InChI is InChI=1S/C34H42N2O2/c37-34(38)33(29-17-8-3-9-18-29)35-31-23-30(32(24-31)28-15-6-2-7-16-28)25-36-21-19-27(20-22-36)14-10-13-26-11-4-1-5-12-26/h1-9,11-12,15-18,27,30-33,35H,10,13-14,19-25H2,(H,37,38)/t30-,31?,32-,33?/m1/s1. The molecular weight excluding hydrogens is 468 g/mol. The number of carboxylic acid groups (broad SMARTS) is 1. The van der Waals surface area contributed by atoms with E-state index in [1.54, 1.807) is 0 Å². The van der Waals surface area contributed by atoms with E-state index in [1.807, 2.05) is 30.3 Å². The Labute approximate surface area is 228 Å². The van der Waals surface area contributed by atoms with E-state index in [-0.39, 0.29) is 6.04 Å². The van der Waals surface area contributed by atoms with Crippen molar-refractivity contribution < 1.29 is 9.90 Å². The first-order valence-corrected chi connectivity index (χ1v) is 14.5. The molecule has 4 nitrogen and oxygen atoms in total. The van der Waals surface area contributed by atoms with Gasteiger partial charge >= 0.3 is 5.97 Å². The van der Waals surface area contributed by atoms with Gasteiger partial charge in [-0.25, -0.2) is 0 Å². The fraction of sp³-hybridized carbons (Fsp3) is 0.441. The highest BCUT2D eigenvalue weighted by Crippen LogP contribution is 2.41. The Morgan fingerprint density at radius 1 is 0.868 bits per heavy atom. The molecule has 2 N–H and O–H groups in total. The first-order chi connectivity index (χ1) is 18.7. The molecule has 3 aromatic rings. The lowest BCUT2D eigenvalue weighted by Gasteiger charge is -2.35. The van der Waals surface area contributed by atoms with Crippen molar-refractivity contribution in [3.05, 3.63) is 108 Å². The SMILES string of the molecule is O=C(O)C(NC1C[C@H](CN2CCC(CCCc3ccccc3)CC2)[C@@H](c2ccccc2)C1)c1ccccc1. The lowest BCUT2D eigenvalue weighted by Crippen LogP contribution is -2.38. The fourth-order valence-electron chi connectivity index (χ4n) is 6.79. The number of hydrogen-bond acceptors (Lipinski definition) is 3. The van der Waals surface area contributed by atoms with Crippen LogP contribution in [0.2, 0.25) is 0 Å². The molecule has 1 heterocycles. The van der Waals surface area contributed by atoms with Crippen LogP contribution in [0, 0.1) is 11.8 Å². The van der Waals surface area contributed by atoms with Crippen molar-refractivity contribution >= 4 is 5.97 Å². The molecule has 38 heavy (non-hydrogen) atoms. The Morgan fingerprint density at radius 2 is 1.50 bits per heavy atom. The van der Waals surface area contributed by atoms with E-state index in [1.165, 1.54) is 56.3 Å². The second kappa shape index (κ2) is 13.2. The van der Waals surface area contributed by atoms with Gasteiger partial charge in [-0.2, -0.15) is 0 Å².